The van der Waals surface area contributed by atoms with Crippen molar-refractivity contribution in [1.29, 1.82) is 0 Å². The number of aromatic nitrogens is 3. The highest BCUT2D eigenvalue weighted by Gasteiger charge is 2.26. The maximum absolute atomic E-state index is 11.9. The van der Waals surface area contributed by atoms with Crippen LogP contribution in [0.1, 0.15) is 33.6 Å². The highest BCUT2D eigenvalue weighted by Crippen LogP contribution is 2.19. The van der Waals surface area contributed by atoms with Crippen LogP contribution in [0.4, 0.5) is 10.7 Å². The van der Waals surface area contributed by atoms with Crippen molar-refractivity contribution in [1.82, 2.24) is 19.9 Å². The van der Waals surface area contributed by atoms with Gasteiger partial charge in [-0.3, -0.25) is 4.40 Å². The fraction of sp³-hybridized carbons (Fsp3) is 0.562. The third-order valence-electron chi connectivity index (χ3n) is 3.72. The molecule has 1 aliphatic rings. The molecule has 7 nitrogen and oxygen atoms in total. The Morgan fingerprint density at radius 2 is 2.17 bits per heavy atom. The second-order valence-corrected chi connectivity index (χ2v) is 6.86. The Kier molecular flexibility index (Phi) is 4.11. The van der Waals surface area contributed by atoms with Crippen LogP contribution in [0.25, 0.3) is 5.65 Å². The zero-order chi connectivity index (χ0) is 16.4. The van der Waals surface area contributed by atoms with Crippen LogP contribution in [0, 0.1) is 0 Å². The lowest BCUT2D eigenvalue weighted by atomic mass is 10.1. The minimum Gasteiger partial charge on any atom is -0.444 e. The first-order valence-electron chi connectivity index (χ1n) is 7.96. The van der Waals surface area contributed by atoms with Gasteiger partial charge in [-0.05, 0) is 45.7 Å². The van der Waals surface area contributed by atoms with Crippen LogP contribution >= 0.6 is 0 Å². The summed E-state index contributed by atoms with van der Waals surface area (Å²) in [5.74, 6) is 0.816. The average Bonchev–Trinajstić information content (AvgIpc) is 2.89. The lowest BCUT2D eigenvalue weighted by Crippen LogP contribution is -2.49. The largest absolute Gasteiger partial charge is 0.444 e. The Hall–Kier alpha value is -2.31. The van der Waals surface area contributed by atoms with Gasteiger partial charge >= 0.3 is 6.09 Å². The van der Waals surface area contributed by atoms with Gasteiger partial charge < -0.3 is 15.0 Å². The summed E-state index contributed by atoms with van der Waals surface area (Å²) in [5, 5.41) is 11.4. The maximum atomic E-state index is 11.9. The first-order chi connectivity index (χ1) is 10.9. The number of pyridine rings is 1. The monoisotopic (exact) mass is 317 g/mol. The van der Waals surface area contributed by atoms with Crippen LogP contribution in [0.2, 0.25) is 0 Å². The number of nitrogens with one attached hydrogen (secondary N) is 1. The molecule has 0 aromatic carbocycles. The zero-order valence-electron chi connectivity index (χ0n) is 13.8. The molecule has 0 bridgehead atoms. The first-order valence-corrected chi connectivity index (χ1v) is 7.96. The van der Waals surface area contributed by atoms with Gasteiger partial charge in [0.2, 0.25) is 5.95 Å². The van der Waals surface area contributed by atoms with Crippen molar-refractivity contribution in [3.8, 4) is 0 Å². The van der Waals surface area contributed by atoms with E-state index in [1.54, 1.807) is 0 Å². The smallest absolute Gasteiger partial charge is 0.407 e. The number of carbonyl (C=O) groups is 1. The fourth-order valence-corrected chi connectivity index (χ4v) is 2.80. The quantitative estimate of drug-likeness (QED) is 0.919. The number of fused-ring (bicyclic) bond motifs is 1. The molecule has 23 heavy (non-hydrogen) atoms. The summed E-state index contributed by atoms with van der Waals surface area (Å²) in [4.78, 5) is 14.1. The van der Waals surface area contributed by atoms with Crippen molar-refractivity contribution in [2.24, 2.45) is 0 Å². The van der Waals surface area contributed by atoms with Crippen molar-refractivity contribution in [3.05, 3.63) is 24.4 Å². The molecule has 1 amide bonds. The third-order valence-corrected chi connectivity index (χ3v) is 3.72. The normalized spacial score (nSPS) is 18.9. The molecule has 7 heteroatoms. The number of nitrogens with zero attached hydrogens (tertiary/aromatic N) is 4. The molecule has 0 aliphatic carbocycles. The number of ether oxygens (including phenoxy) is 1. The molecule has 3 heterocycles. The van der Waals surface area contributed by atoms with Gasteiger partial charge in [0.1, 0.15) is 5.60 Å². The van der Waals surface area contributed by atoms with E-state index in [9.17, 15) is 4.79 Å². The topological polar surface area (TPSA) is 71.8 Å². The second-order valence-electron chi connectivity index (χ2n) is 6.86. The predicted octanol–water partition coefficient (Wildman–Crippen LogP) is 2.22. The Morgan fingerprint density at radius 3 is 2.96 bits per heavy atom. The Labute approximate surface area is 135 Å². The summed E-state index contributed by atoms with van der Waals surface area (Å²) < 4.78 is 7.30. The number of hydrogen-bond acceptors (Lipinski definition) is 5. The van der Waals surface area contributed by atoms with Gasteiger partial charge in [0.05, 0.1) is 0 Å². The molecule has 2 aromatic heterocycles. The molecule has 1 saturated heterocycles. The Balaban J connectivity index is 1.68. The summed E-state index contributed by atoms with van der Waals surface area (Å²) in [5.41, 5.74) is 0.339. The van der Waals surface area contributed by atoms with Gasteiger partial charge in [0.15, 0.2) is 5.65 Å². The lowest BCUT2D eigenvalue weighted by molar-refractivity contribution is 0.0500. The molecular formula is C16H23N5O2. The standard InChI is InChI=1S/C16H23N5O2/c1-16(2,3)23-15(22)17-12-7-6-9-20(11-12)14-19-18-13-8-4-5-10-21(13)14/h4-5,8,10,12H,6-7,9,11H2,1-3H3,(H,17,22). The van der Waals surface area contributed by atoms with Gasteiger partial charge in [0.25, 0.3) is 0 Å². The van der Waals surface area contributed by atoms with Gasteiger partial charge in [-0.1, -0.05) is 6.07 Å². The maximum Gasteiger partial charge on any atom is 0.407 e. The summed E-state index contributed by atoms with van der Waals surface area (Å²) in [6.45, 7) is 7.20. The van der Waals surface area contributed by atoms with E-state index in [1.807, 2.05) is 49.6 Å². The number of hydrogen-bond donors (Lipinski definition) is 1. The van der Waals surface area contributed by atoms with Crippen molar-refractivity contribution in [2.75, 3.05) is 18.0 Å². The second kappa shape index (κ2) is 6.06. The molecule has 0 spiro atoms. The summed E-state index contributed by atoms with van der Waals surface area (Å²) in [6.07, 6.45) is 3.51. The van der Waals surface area contributed by atoms with Crippen LogP contribution in [0.15, 0.2) is 24.4 Å². The highest BCUT2D eigenvalue weighted by atomic mass is 16.6. The van der Waals surface area contributed by atoms with Crippen LogP contribution in [0.3, 0.4) is 0 Å². The predicted molar refractivity (Wildman–Crippen MR) is 87.6 cm³/mol. The number of piperidine rings is 1. The molecule has 0 saturated carbocycles. The van der Waals surface area contributed by atoms with Crippen LogP contribution < -0.4 is 10.2 Å². The van der Waals surface area contributed by atoms with Crippen LogP contribution in [-0.2, 0) is 4.74 Å². The molecule has 1 unspecified atom stereocenters. The SMILES string of the molecule is CC(C)(C)OC(=O)NC1CCCN(c2nnc3ccccn23)C1. The molecule has 124 valence electrons. The van der Waals surface area contributed by atoms with Crippen molar-refractivity contribution < 1.29 is 9.53 Å². The number of alkyl carbamates (subject to hydrolysis) is 1. The van der Waals surface area contributed by atoms with Crippen molar-refractivity contribution in [2.45, 2.75) is 45.3 Å². The minimum atomic E-state index is -0.484. The molecule has 1 fully saturated rings. The minimum absolute atomic E-state index is 0.0506. The van der Waals surface area contributed by atoms with E-state index in [0.717, 1.165) is 31.0 Å². The van der Waals surface area contributed by atoms with Crippen molar-refractivity contribution in [3.63, 3.8) is 0 Å². The van der Waals surface area contributed by atoms with Crippen LogP contribution in [-0.4, -0.2) is 45.4 Å². The van der Waals surface area contributed by atoms with E-state index < -0.39 is 5.60 Å². The number of carbonyl (C=O) groups excluding carboxylic acids is 1. The zero-order valence-corrected chi connectivity index (χ0v) is 13.8. The van der Waals surface area contributed by atoms with E-state index in [4.69, 9.17) is 4.74 Å². The summed E-state index contributed by atoms with van der Waals surface area (Å²) >= 11 is 0. The highest BCUT2D eigenvalue weighted by molar-refractivity contribution is 5.68. The third kappa shape index (κ3) is 3.72. The van der Waals surface area contributed by atoms with Crippen molar-refractivity contribution >= 4 is 17.7 Å². The van der Waals surface area contributed by atoms with E-state index in [2.05, 4.69) is 20.4 Å². The molecule has 1 atom stereocenters. The Bertz CT molecular complexity index is 691. The van der Waals surface area contributed by atoms with Gasteiger partial charge in [-0.25, -0.2) is 4.79 Å². The Morgan fingerprint density at radius 1 is 1.35 bits per heavy atom. The molecule has 0 radical (unpaired) electrons. The van der Waals surface area contributed by atoms with E-state index in [1.165, 1.54) is 0 Å². The van der Waals surface area contributed by atoms with Gasteiger partial charge in [-0.15, -0.1) is 10.2 Å². The summed E-state index contributed by atoms with van der Waals surface area (Å²) in [7, 11) is 0. The number of rotatable bonds is 2. The average molecular weight is 317 g/mol. The molecule has 2 aromatic rings. The van der Waals surface area contributed by atoms with E-state index in [-0.39, 0.29) is 12.1 Å². The number of amides is 1. The van der Waals surface area contributed by atoms with Gasteiger partial charge in [-0.2, -0.15) is 0 Å². The molecule has 1 aliphatic heterocycles. The summed E-state index contributed by atoms with van der Waals surface area (Å²) in [6, 6.07) is 5.88. The van der Waals surface area contributed by atoms with Crippen LogP contribution in [0.5, 0.6) is 0 Å². The van der Waals surface area contributed by atoms with E-state index >= 15 is 0 Å². The number of anilines is 1. The molecule has 3 rings (SSSR count). The van der Waals surface area contributed by atoms with Gasteiger partial charge in [0, 0.05) is 25.3 Å². The van der Waals surface area contributed by atoms with E-state index in [0.29, 0.717) is 6.54 Å². The molecule has 1 N–H and O–H groups in total. The fourth-order valence-electron chi connectivity index (χ4n) is 2.80. The molecular weight excluding hydrogens is 294 g/mol. The lowest BCUT2D eigenvalue weighted by Gasteiger charge is -2.33. The first kappa shape index (κ1) is 15.6.